The minimum atomic E-state index is -3.78. The molecule has 1 N–H and O–H groups in total. The Morgan fingerprint density at radius 3 is 2.09 bits per heavy atom. The highest BCUT2D eigenvalue weighted by molar-refractivity contribution is 7.92. The van der Waals surface area contributed by atoms with Crippen molar-refractivity contribution in [1.29, 1.82) is 0 Å². The first kappa shape index (κ1) is 24.2. The largest absolute Gasteiger partial charge is 0.368 e. The number of rotatable bonds is 6. The van der Waals surface area contributed by atoms with Crippen molar-refractivity contribution in [3.8, 4) is 0 Å². The fourth-order valence-electron chi connectivity index (χ4n) is 3.93. The Labute approximate surface area is 204 Å². The number of benzene rings is 3. The monoisotopic (exact) mass is 494 g/mol. The predicted octanol–water partition coefficient (Wildman–Crippen LogP) is 3.97. The van der Waals surface area contributed by atoms with E-state index in [2.05, 4.69) is 9.62 Å². The second-order valence-corrected chi connectivity index (χ2v) is 10.2. The summed E-state index contributed by atoms with van der Waals surface area (Å²) in [6.45, 7) is 6.04. The van der Waals surface area contributed by atoms with Crippen LogP contribution < -0.4 is 9.62 Å². The number of sulfonamides is 1. The third-order valence-corrected chi connectivity index (χ3v) is 7.56. The molecule has 0 radical (unpaired) electrons. The van der Waals surface area contributed by atoms with Crippen molar-refractivity contribution in [2.75, 3.05) is 35.8 Å². The van der Waals surface area contributed by atoms with E-state index in [1.54, 1.807) is 29.2 Å². The highest BCUT2D eigenvalue weighted by Crippen LogP contribution is 2.22. The molecule has 35 heavy (non-hydrogen) atoms. The van der Waals surface area contributed by atoms with Gasteiger partial charge >= 0.3 is 0 Å². The van der Waals surface area contributed by atoms with E-state index in [0.29, 0.717) is 37.4 Å². The van der Waals surface area contributed by atoms with Crippen molar-refractivity contribution in [2.45, 2.75) is 18.7 Å². The van der Waals surface area contributed by atoms with Gasteiger partial charge in [0.2, 0.25) is 0 Å². The van der Waals surface area contributed by atoms with Crippen LogP contribution in [0, 0.1) is 24.0 Å². The maximum absolute atomic E-state index is 13.0. The van der Waals surface area contributed by atoms with Crippen LogP contribution >= 0.6 is 0 Å². The summed E-state index contributed by atoms with van der Waals surface area (Å²) in [4.78, 5) is 27.2. The van der Waals surface area contributed by atoms with E-state index in [1.165, 1.54) is 36.4 Å². The number of nitrogens with one attached hydrogen (secondary N) is 1. The van der Waals surface area contributed by atoms with E-state index in [-0.39, 0.29) is 16.5 Å². The number of piperazine rings is 1. The molecule has 10 heteroatoms. The summed E-state index contributed by atoms with van der Waals surface area (Å²) in [5, 5.41) is 10.8. The number of nitro groups is 1. The van der Waals surface area contributed by atoms with E-state index in [0.717, 1.165) is 16.8 Å². The molecule has 0 spiro atoms. The average molecular weight is 495 g/mol. The first-order valence-electron chi connectivity index (χ1n) is 11.1. The molecule has 4 rings (SSSR count). The third-order valence-electron chi connectivity index (χ3n) is 6.16. The fraction of sp³-hybridized carbons (Fsp3) is 0.240. The van der Waals surface area contributed by atoms with Gasteiger partial charge in [0.15, 0.2) is 0 Å². The van der Waals surface area contributed by atoms with Crippen molar-refractivity contribution in [3.63, 3.8) is 0 Å². The van der Waals surface area contributed by atoms with Gasteiger partial charge in [0.1, 0.15) is 0 Å². The first-order valence-corrected chi connectivity index (χ1v) is 12.6. The Hall–Kier alpha value is -3.92. The molecule has 1 saturated heterocycles. The zero-order valence-corrected chi connectivity index (χ0v) is 20.3. The summed E-state index contributed by atoms with van der Waals surface area (Å²) in [6, 6.07) is 17.6. The van der Waals surface area contributed by atoms with Gasteiger partial charge in [-0.1, -0.05) is 6.07 Å². The van der Waals surface area contributed by atoms with Gasteiger partial charge in [-0.3, -0.25) is 19.6 Å². The maximum Gasteiger partial charge on any atom is 0.269 e. The number of carbonyl (C=O) groups is 1. The molecular formula is C25H26N4O5S. The van der Waals surface area contributed by atoms with Gasteiger partial charge in [0.25, 0.3) is 21.6 Å². The summed E-state index contributed by atoms with van der Waals surface area (Å²) < 4.78 is 28.1. The lowest BCUT2D eigenvalue weighted by Crippen LogP contribution is -2.48. The third kappa shape index (κ3) is 5.43. The summed E-state index contributed by atoms with van der Waals surface area (Å²) >= 11 is 0. The number of nitro benzene ring substituents is 1. The van der Waals surface area contributed by atoms with Crippen LogP contribution in [0.2, 0.25) is 0 Å². The Morgan fingerprint density at radius 2 is 1.51 bits per heavy atom. The molecule has 0 aliphatic carbocycles. The Balaban J connectivity index is 1.38. The van der Waals surface area contributed by atoms with Crippen LogP contribution in [0.25, 0.3) is 0 Å². The molecule has 0 atom stereocenters. The topological polar surface area (TPSA) is 113 Å². The second-order valence-electron chi connectivity index (χ2n) is 8.48. The number of hydrogen-bond acceptors (Lipinski definition) is 6. The van der Waals surface area contributed by atoms with Gasteiger partial charge in [0.05, 0.1) is 9.82 Å². The van der Waals surface area contributed by atoms with Gasteiger partial charge in [-0.2, -0.15) is 0 Å². The molecule has 0 aromatic heterocycles. The molecule has 0 saturated carbocycles. The van der Waals surface area contributed by atoms with E-state index < -0.39 is 14.9 Å². The fourth-order valence-corrected chi connectivity index (χ4v) is 4.98. The standard InChI is InChI=1S/C25H26N4O5S/c1-18-3-6-21(17-19(18)2)26-35(33,34)24-11-4-20(5-12-24)25(30)28-15-13-27(14-16-28)22-7-9-23(10-8-22)29(31)32/h3-12,17,26H,13-16H2,1-2H3. The number of anilines is 2. The number of nitrogens with zero attached hydrogens (tertiary/aromatic N) is 3. The van der Waals surface area contributed by atoms with Crippen molar-refractivity contribution < 1.29 is 18.1 Å². The lowest BCUT2D eigenvalue weighted by atomic mass is 10.1. The molecule has 182 valence electrons. The molecule has 0 unspecified atom stereocenters. The van der Waals surface area contributed by atoms with Gasteiger partial charge < -0.3 is 9.80 Å². The smallest absolute Gasteiger partial charge is 0.269 e. The van der Waals surface area contributed by atoms with E-state index in [4.69, 9.17) is 0 Å². The lowest BCUT2D eigenvalue weighted by molar-refractivity contribution is -0.384. The highest BCUT2D eigenvalue weighted by atomic mass is 32.2. The lowest BCUT2D eigenvalue weighted by Gasteiger charge is -2.36. The molecule has 1 amide bonds. The van der Waals surface area contributed by atoms with Crippen LogP contribution in [0.3, 0.4) is 0 Å². The first-order chi connectivity index (χ1) is 16.6. The average Bonchev–Trinajstić information content (AvgIpc) is 2.86. The van der Waals surface area contributed by atoms with Gasteiger partial charge in [-0.05, 0) is 73.5 Å². The number of aryl methyl sites for hydroxylation is 2. The highest BCUT2D eigenvalue weighted by Gasteiger charge is 2.23. The summed E-state index contributed by atoms with van der Waals surface area (Å²) in [5.41, 5.74) is 3.87. The van der Waals surface area contributed by atoms with Crippen LogP contribution in [0.15, 0.2) is 71.6 Å². The second kappa shape index (κ2) is 9.75. The summed E-state index contributed by atoms with van der Waals surface area (Å²) in [5.74, 6) is -0.167. The van der Waals surface area contributed by atoms with Crippen LogP contribution in [-0.2, 0) is 10.0 Å². The summed E-state index contributed by atoms with van der Waals surface area (Å²) in [7, 11) is -3.78. The zero-order chi connectivity index (χ0) is 25.2. The minimum Gasteiger partial charge on any atom is -0.368 e. The van der Waals surface area contributed by atoms with Crippen molar-refractivity contribution in [1.82, 2.24) is 4.90 Å². The van der Waals surface area contributed by atoms with Crippen molar-refractivity contribution in [2.24, 2.45) is 0 Å². The molecule has 1 aliphatic rings. The van der Waals surface area contributed by atoms with Gasteiger partial charge in [0, 0.05) is 55.2 Å². The number of amides is 1. The quantitative estimate of drug-likeness (QED) is 0.410. The molecule has 9 nitrogen and oxygen atoms in total. The minimum absolute atomic E-state index is 0.0391. The molecule has 0 bridgehead atoms. The Morgan fingerprint density at radius 1 is 0.886 bits per heavy atom. The predicted molar refractivity (Wildman–Crippen MR) is 134 cm³/mol. The van der Waals surface area contributed by atoms with E-state index in [9.17, 15) is 23.3 Å². The van der Waals surface area contributed by atoms with Crippen molar-refractivity contribution >= 4 is 33.0 Å². The number of carbonyl (C=O) groups excluding carboxylic acids is 1. The van der Waals surface area contributed by atoms with Gasteiger partial charge in [-0.15, -0.1) is 0 Å². The Kier molecular flexibility index (Phi) is 6.74. The van der Waals surface area contributed by atoms with Crippen LogP contribution in [0.5, 0.6) is 0 Å². The van der Waals surface area contributed by atoms with E-state index >= 15 is 0 Å². The van der Waals surface area contributed by atoms with Crippen LogP contribution in [-0.4, -0.2) is 50.3 Å². The van der Waals surface area contributed by atoms with Crippen LogP contribution in [0.1, 0.15) is 21.5 Å². The summed E-state index contributed by atoms with van der Waals surface area (Å²) in [6.07, 6.45) is 0. The molecule has 1 heterocycles. The zero-order valence-electron chi connectivity index (χ0n) is 19.5. The van der Waals surface area contributed by atoms with Gasteiger partial charge in [-0.25, -0.2) is 8.42 Å². The normalized spacial score (nSPS) is 14.0. The SMILES string of the molecule is Cc1ccc(NS(=O)(=O)c2ccc(C(=O)N3CCN(c4ccc([N+](=O)[O-])cc4)CC3)cc2)cc1C. The van der Waals surface area contributed by atoms with Crippen LogP contribution in [0.4, 0.5) is 17.1 Å². The molecule has 3 aromatic carbocycles. The number of non-ortho nitro benzene ring substituents is 1. The number of hydrogen-bond donors (Lipinski definition) is 1. The molecule has 1 aliphatic heterocycles. The molecule has 1 fully saturated rings. The van der Waals surface area contributed by atoms with Crippen molar-refractivity contribution in [3.05, 3.63) is 93.5 Å². The van der Waals surface area contributed by atoms with E-state index in [1.807, 2.05) is 19.9 Å². The Bertz CT molecular complexity index is 1350. The molecule has 3 aromatic rings. The maximum atomic E-state index is 13.0. The molecular weight excluding hydrogens is 468 g/mol.